The van der Waals surface area contributed by atoms with E-state index in [1.807, 2.05) is 0 Å². The zero-order chi connectivity index (χ0) is 23.2. The molecular weight excluding hydrogens is 451 g/mol. The second kappa shape index (κ2) is 8.10. The van der Waals surface area contributed by atoms with Crippen molar-refractivity contribution in [2.24, 2.45) is 0 Å². The summed E-state index contributed by atoms with van der Waals surface area (Å²) in [5.41, 5.74) is 1.66. The lowest BCUT2D eigenvalue weighted by Gasteiger charge is -2.23. The predicted molar refractivity (Wildman–Crippen MR) is 107 cm³/mol. The summed E-state index contributed by atoms with van der Waals surface area (Å²) < 4.78 is 53.5. The summed E-state index contributed by atoms with van der Waals surface area (Å²) in [7, 11) is 1.43. The first-order chi connectivity index (χ1) is 15.1. The standard InChI is InChI=1S/C21H17ClF3N3O4/c1-10-6-7-13-12(8-10)18(11-4-3-5-14(31-2)17(11)22)32-15(9-16(29)30)19-26-27-20(28(13)19)21(23,24)25/h3-8,15,18H,9H2,1-2H3,(H,29,30). The average Bonchev–Trinajstić information content (AvgIpc) is 3.12. The zero-order valence-electron chi connectivity index (χ0n) is 16.9. The first-order valence-electron chi connectivity index (χ1n) is 9.45. The summed E-state index contributed by atoms with van der Waals surface area (Å²) in [4.78, 5) is 11.5. The summed E-state index contributed by atoms with van der Waals surface area (Å²) in [6.07, 6.45) is -7.76. The van der Waals surface area contributed by atoms with Gasteiger partial charge in [-0.2, -0.15) is 13.2 Å². The minimum absolute atomic E-state index is 0.125. The molecule has 7 nitrogen and oxygen atoms in total. The van der Waals surface area contributed by atoms with Gasteiger partial charge in [0.05, 0.1) is 24.2 Å². The van der Waals surface area contributed by atoms with Crippen LogP contribution in [0.5, 0.6) is 5.75 Å². The van der Waals surface area contributed by atoms with Gasteiger partial charge in [-0.25, -0.2) is 0 Å². The smallest absolute Gasteiger partial charge is 0.452 e. The first kappa shape index (κ1) is 22.1. The molecule has 0 saturated carbocycles. The van der Waals surface area contributed by atoms with Gasteiger partial charge in [0.1, 0.15) is 18.0 Å². The van der Waals surface area contributed by atoms with Crippen molar-refractivity contribution in [1.29, 1.82) is 0 Å². The van der Waals surface area contributed by atoms with E-state index in [1.165, 1.54) is 13.2 Å². The Morgan fingerprint density at radius 2 is 2.00 bits per heavy atom. The molecule has 1 N–H and O–H groups in total. The lowest BCUT2D eigenvalue weighted by molar-refractivity contribution is -0.146. The van der Waals surface area contributed by atoms with E-state index in [2.05, 4.69) is 10.2 Å². The monoisotopic (exact) mass is 467 g/mol. The van der Waals surface area contributed by atoms with E-state index < -0.39 is 36.6 Å². The van der Waals surface area contributed by atoms with E-state index in [0.29, 0.717) is 16.9 Å². The highest BCUT2D eigenvalue weighted by atomic mass is 35.5. The number of methoxy groups -OCH3 is 1. The SMILES string of the molecule is COc1cccc(C2OC(CC(=O)O)c3nnc(C(F)(F)F)n3-c3ccc(C)cc32)c1Cl. The number of halogens is 4. The van der Waals surface area contributed by atoms with Crippen LogP contribution in [-0.4, -0.2) is 33.0 Å². The zero-order valence-corrected chi connectivity index (χ0v) is 17.6. The van der Waals surface area contributed by atoms with Gasteiger partial charge in [0, 0.05) is 11.1 Å². The van der Waals surface area contributed by atoms with Crippen LogP contribution in [0, 0.1) is 6.92 Å². The molecule has 0 amide bonds. The van der Waals surface area contributed by atoms with Crippen LogP contribution in [-0.2, 0) is 15.7 Å². The number of fused-ring (bicyclic) bond motifs is 3. The molecule has 2 heterocycles. The third-order valence-corrected chi connectivity index (χ3v) is 5.50. The number of carboxylic acids is 1. The number of rotatable bonds is 4. The quantitative estimate of drug-likeness (QED) is 0.588. The third kappa shape index (κ3) is 3.80. The third-order valence-electron chi connectivity index (χ3n) is 5.09. The van der Waals surface area contributed by atoms with Gasteiger partial charge < -0.3 is 14.6 Å². The van der Waals surface area contributed by atoms with E-state index in [0.717, 1.165) is 10.1 Å². The molecule has 0 spiro atoms. The van der Waals surface area contributed by atoms with Gasteiger partial charge in [-0.3, -0.25) is 9.36 Å². The number of aromatic nitrogens is 3. The Morgan fingerprint density at radius 1 is 1.25 bits per heavy atom. The highest BCUT2D eigenvalue weighted by Crippen LogP contribution is 2.46. The predicted octanol–water partition coefficient (Wildman–Crippen LogP) is 4.89. The second-order valence-corrected chi connectivity index (χ2v) is 7.62. The van der Waals surface area contributed by atoms with Gasteiger partial charge in [0.2, 0.25) is 5.82 Å². The lowest BCUT2D eigenvalue weighted by atomic mass is 9.97. The van der Waals surface area contributed by atoms with Crippen LogP contribution in [0.1, 0.15) is 47.0 Å². The van der Waals surface area contributed by atoms with E-state index in [-0.39, 0.29) is 16.5 Å². The van der Waals surface area contributed by atoms with Gasteiger partial charge in [0.25, 0.3) is 0 Å². The van der Waals surface area contributed by atoms with Crippen LogP contribution in [0.2, 0.25) is 5.02 Å². The van der Waals surface area contributed by atoms with Crippen LogP contribution in [0.25, 0.3) is 5.69 Å². The lowest BCUT2D eigenvalue weighted by Crippen LogP contribution is -2.17. The maximum Gasteiger partial charge on any atom is 0.452 e. The first-order valence-corrected chi connectivity index (χ1v) is 9.82. The fraction of sp³-hybridized carbons (Fsp3) is 0.286. The highest BCUT2D eigenvalue weighted by Gasteiger charge is 2.43. The number of benzene rings is 2. The number of nitrogens with zero attached hydrogens (tertiary/aromatic N) is 3. The molecule has 0 fully saturated rings. The molecule has 3 aromatic rings. The van der Waals surface area contributed by atoms with Crippen molar-refractivity contribution in [1.82, 2.24) is 14.8 Å². The topological polar surface area (TPSA) is 86.5 Å². The van der Waals surface area contributed by atoms with Gasteiger partial charge in [0.15, 0.2) is 5.82 Å². The van der Waals surface area contributed by atoms with Crippen molar-refractivity contribution in [3.05, 3.63) is 69.8 Å². The minimum Gasteiger partial charge on any atom is -0.495 e. The largest absolute Gasteiger partial charge is 0.495 e. The Labute approximate surface area is 185 Å². The molecular formula is C21H17ClF3N3O4. The molecule has 168 valence electrons. The molecule has 0 aliphatic carbocycles. The van der Waals surface area contributed by atoms with Crippen LogP contribution >= 0.6 is 11.6 Å². The summed E-state index contributed by atoms with van der Waals surface area (Å²) in [6, 6.07) is 9.76. The Hall–Kier alpha value is -3.11. The second-order valence-electron chi connectivity index (χ2n) is 7.24. The molecule has 11 heteroatoms. The number of carboxylic acid groups (broad SMARTS) is 1. The fourth-order valence-corrected chi connectivity index (χ4v) is 4.04. The Balaban J connectivity index is 2.03. The van der Waals surface area contributed by atoms with Crippen molar-refractivity contribution in [2.45, 2.75) is 31.7 Å². The maximum absolute atomic E-state index is 13.8. The molecule has 2 atom stereocenters. The molecule has 2 unspecified atom stereocenters. The van der Waals surface area contributed by atoms with E-state index in [9.17, 15) is 23.1 Å². The number of aryl methyl sites for hydroxylation is 1. The molecule has 1 aliphatic rings. The number of alkyl halides is 3. The molecule has 2 aromatic carbocycles. The van der Waals surface area contributed by atoms with Crippen molar-refractivity contribution in [2.75, 3.05) is 7.11 Å². The Kier molecular flexibility index (Phi) is 5.59. The number of hydrogen-bond acceptors (Lipinski definition) is 5. The van der Waals surface area contributed by atoms with Crippen LogP contribution in [0.4, 0.5) is 13.2 Å². The van der Waals surface area contributed by atoms with E-state index in [1.54, 1.807) is 37.3 Å². The molecule has 0 bridgehead atoms. The molecule has 32 heavy (non-hydrogen) atoms. The van der Waals surface area contributed by atoms with E-state index >= 15 is 0 Å². The van der Waals surface area contributed by atoms with Gasteiger partial charge in [-0.05, 0) is 19.1 Å². The highest BCUT2D eigenvalue weighted by molar-refractivity contribution is 6.32. The number of aliphatic carboxylic acids is 1. The van der Waals surface area contributed by atoms with Crippen LogP contribution in [0.15, 0.2) is 36.4 Å². The maximum atomic E-state index is 13.8. The van der Waals surface area contributed by atoms with Gasteiger partial charge in [-0.15, -0.1) is 10.2 Å². The van der Waals surface area contributed by atoms with Crippen molar-refractivity contribution < 1.29 is 32.5 Å². The number of carbonyl (C=O) groups is 1. The van der Waals surface area contributed by atoms with Crippen LogP contribution < -0.4 is 4.74 Å². The fourth-order valence-electron chi connectivity index (χ4n) is 3.74. The van der Waals surface area contributed by atoms with Gasteiger partial charge in [-0.1, -0.05) is 41.4 Å². The summed E-state index contributed by atoms with van der Waals surface area (Å²) >= 11 is 6.51. The number of hydrogen-bond donors (Lipinski definition) is 1. The normalized spacial score (nSPS) is 17.9. The summed E-state index contributed by atoms with van der Waals surface area (Å²) in [6.45, 7) is 1.78. The molecule has 0 radical (unpaired) electrons. The summed E-state index contributed by atoms with van der Waals surface area (Å²) in [5.74, 6) is -2.45. The van der Waals surface area contributed by atoms with Crippen molar-refractivity contribution in [3.63, 3.8) is 0 Å². The van der Waals surface area contributed by atoms with Crippen molar-refractivity contribution in [3.8, 4) is 11.4 Å². The number of ether oxygens (including phenoxy) is 2. The molecule has 0 saturated heterocycles. The average molecular weight is 468 g/mol. The molecule has 4 rings (SSSR count). The Bertz CT molecular complexity index is 1200. The van der Waals surface area contributed by atoms with Crippen LogP contribution in [0.3, 0.4) is 0 Å². The minimum atomic E-state index is -4.82. The van der Waals surface area contributed by atoms with Gasteiger partial charge >= 0.3 is 12.1 Å². The molecule has 1 aliphatic heterocycles. The molecule has 1 aromatic heterocycles. The van der Waals surface area contributed by atoms with Crippen molar-refractivity contribution >= 4 is 17.6 Å². The van der Waals surface area contributed by atoms with E-state index in [4.69, 9.17) is 21.1 Å². The summed E-state index contributed by atoms with van der Waals surface area (Å²) in [5, 5.41) is 16.6. The Morgan fingerprint density at radius 3 is 2.66 bits per heavy atom.